The molecule has 2 aliphatic rings. The molecule has 3 atom stereocenters. The molecule has 0 aliphatic carbocycles. The van der Waals surface area contributed by atoms with Crippen molar-refractivity contribution in [2.75, 3.05) is 26.2 Å². The summed E-state index contributed by atoms with van der Waals surface area (Å²) in [6.45, 7) is 11.4. The maximum Gasteiger partial charge on any atom is 0.0728 e. The van der Waals surface area contributed by atoms with Crippen LogP contribution in [0.5, 0.6) is 0 Å². The van der Waals surface area contributed by atoms with E-state index >= 15 is 0 Å². The highest BCUT2D eigenvalue weighted by atomic mass is 16.5. The molecule has 1 N–H and O–H groups in total. The summed E-state index contributed by atoms with van der Waals surface area (Å²) in [5.41, 5.74) is 0.262. The van der Waals surface area contributed by atoms with Crippen LogP contribution in [-0.2, 0) is 4.74 Å². The second-order valence-corrected chi connectivity index (χ2v) is 5.86. The van der Waals surface area contributed by atoms with Crippen LogP contribution in [0.3, 0.4) is 0 Å². The van der Waals surface area contributed by atoms with Crippen molar-refractivity contribution < 1.29 is 4.74 Å². The van der Waals surface area contributed by atoms with Crippen molar-refractivity contribution in [2.24, 2.45) is 0 Å². The van der Waals surface area contributed by atoms with Gasteiger partial charge in [0.05, 0.1) is 6.10 Å². The van der Waals surface area contributed by atoms with E-state index in [4.69, 9.17) is 4.74 Å². The van der Waals surface area contributed by atoms with Gasteiger partial charge in [0.2, 0.25) is 0 Å². The fourth-order valence-electron chi connectivity index (χ4n) is 3.24. The lowest BCUT2D eigenvalue weighted by molar-refractivity contribution is 0.0190. The Morgan fingerprint density at radius 1 is 1.47 bits per heavy atom. The standard InChI is InChI=1S/C14H28N2O/c1-4-6-13-11-16(9-5-8-15-13)14(3)7-10-17-12(14)2/h12-13,15H,4-11H2,1-3H3. The highest BCUT2D eigenvalue weighted by Crippen LogP contribution is 2.32. The number of nitrogens with one attached hydrogen (secondary N) is 1. The number of nitrogens with zero attached hydrogens (tertiary/aromatic N) is 1. The second-order valence-electron chi connectivity index (χ2n) is 5.86. The van der Waals surface area contributed by atoms with E-state index < -0.39 is 0 Å². The summed E-state index contributed by atoms with van der Waals surface area (Å²) in [6.07, 6.45) is 5.40. The van der Waals surface area contributed by atoms with E-state index in [1.807, 2.05) is 0 Å². The summed E-state index contributed by atoms with van der Waals surface area (Å²) < 4.78 is 5.80. The molecule has 2 heterocycles. The van der Waals surface area contributed by atoms with Crippen LogP contribution in [0, 0.1) is 0 Å². The van der Waals surface area contributed by atoms with E-state index in [2.05, 4.69) is 31.0 Å². The van der Waals surface area contributed by atoms with Crippen LogP contribution >= 0.6 is 0 Å². The normalized spacial score (nSPS) is 40.4. The van der Waals surface area contributed by atoms with Crippen LogP contribution in [0.4, 0.5) is 0 Å². The molecule has 0 spiro atoms. The molecular formula is C14H28N2O. The molecule has 17 heavy (non-hydrogen) atoms. The second kappa shape index (κ2) is 5.68. The zero-order valence-electron chi connectivity index (χ0n) is 11.7. The van der Waals surface area contributed by atoms with Crippen molar-refractivity contribution in [1.29, 1.82) is 0 Å². The first kappa shape index (κ1) is 13.3. The summed E-state index contributed by atoms with van der Waals surface area (Å²) in [6, 6.07) is 0.673. The van der Waals surface area contributed by atoms with Crippen LogP contribution in [0.15, 0.2) is 0 Å². The minimum Gasteiger partial charge on any atom is -0.377 e. The summed E-state index contributed by atoms with van der Waals surface area (Å²) in [4.78, 5) is 2.69. The van der Waals surface area contributed by atoms with Crippen LogP contribution in [-0.4, -0.2) is 48.8 Å². The zero-order valence-corrected chi connectivity index (χ0v) is 11.7. The quantitative estimate of drug-likeness (QED) is 0.817. The minimum atomic E-state index is 0.262. The third kappa shape index (κ3) is 2.83. The molecule has 3 nitrogen and oxygen atoms in total. The van der Waals surface area contributed by atoms with Gasteiger partial charge >= 0.3 is 0 Å². The van der Waals surface area contributed by atoms with Crippen molar-refractivity contribution in [3.63, 3.8) is 0 Å². The van der Waals surface area contributed by atoms with Gasteiger partial charge in [-0.3, -0.25) is 4.90 Å². The number of hydrogen-bond acceptors (Lipinski definition) is 3. The molecule has 0 amide bonds. The maximum absolute atomic E-state index is 5.80. The SMILES string of the molecule is CCCC1CN(C2(C)CCOC2C)CCCN1. The van der Waals surface area contributed by atoms with Crippen molar-refractivity contribution in [3.8, 4) is 0 Å². The van der Waals surface area contributed by atoms with Gasteiger partial charge in [0, 0.05) is 31.3 Å². The Hall–Kier alpha value is -0.120. The number of rotatable bonds is 3. The molecule has 2 rings (SSSR count). The minimum absolute atomic E-state index is 0.262. The van der Waals surface area contributed by atoms with Gasteiger partial charge in [-0.25, -0.2) is 0 Å². The van der Waals surface area contributed by atoms with Gasteiger partial charge in [-0.15, -0.1) is 0 Å². The Kier molecular flexibility index (Phi) is 4.45. The first-order chi connectivity index (χ1) is 8.16. The van der Waals surface area contributed by atoms with E-state index in [0.29, 0.717) is 12.1 Å². The lowest BCUT2D eigenvalue weighted by atomic mass is 9.91. The van der Waals surface area contributed by atoms with Crippen LogP contribution in [0.1, 0.15) is 46.5 Å². The first-order valence-corrected chi connectivity index (χ1v) is 7.27. The molecule has 0 radical (unpaired) electrons. The third-order valence-corrected chi connectivity index (χ3v) is 4.69. The van der Waals surface area contributed by atoms with Crippen LogP contribution in [0.25, 0.3) is 0 Å². The first-order valence-electron chi connectivity index (χ1n) is 7.27. The third-order valence-electron chi connectivity index (χ3n) is 4.69. The summed E-state index contributed by atoms with van der Waals surface area (Å²) in [7, 11) is 0. The Morgan fingerprint density at radius 3 is 2.94 bits per heavy atom. The lowest BCUT2D eigenvalue weighted by Crippen LogP contribution is -2.54. The predicted molar refractivity (Wildman–Crippen MR) is 71.3 cm³/mol. The average molecular weight is 240 g/mol. The van der Waals surface area contributed by atoms with E-state index in [0.717, 1.165) is 6.61 Å². The van der Waals surface area contributed by atoms with E-state index in [9.17, 15) is 0 Å². The smallest absolute Gasteiger partial charge is 0.0728 e. The van der Waals surface area contributed by atoms with Crippen LogP contribution < -0.4 is 5.32 Å². The summed E-state index contributed by atoms with van der Waals surface area (Å²) in [5.74, 6) is 0. The molecule has 2 saturated heterocycles. The van der Waals surface area contributed by atoms with Gasteiger partial charge in [-0.05, 0) is 39.7 Å². The molecule has 100 valence electrons. The molecule has 2 aliphatic heterocycles. The molecule has 0 saturated carbocycles. The molecule has 3 heteroatoms. The molecule has 3 unspecified atom stereocenters. The van der Waals surface area contributed by atoms with Gasteiger partial charge in [0.25, 0.3) is 0 Å². The van der Waals surface area contributed by atoms with E-state index in [-0.39, 0.29) is 5.54 Å². The van der Waals surface area contributed by atoms with Gasteiger partial charge in [0.15, 0.2) is 0 Å². The molecule has 0 aromatic carbocycles. The van der Waals surface area contributed by atoms with Crippen molar-refractivity contribution >= 4 is 0 Å². The van der Waals surface area contributed by atoms with Gasteiger partial charge in [0.1, 0.15) is 0 Å². The van der Waals surface area contributed by atoms with Gasteiger partial charge in [-0.1, -0.05) is 13.3 Å². The number of ether oxygens (including phenoxy) is 1. The van der Waals surface area contributed by atoms with Crippen molar-refractivity contribution in [1.82, 2.24) is 10.2 Å². The summed E-state index contributed by atoms with van der Waals surface area (Å²) >= 11 is 0. The Balaban J connectivity index is 2.02. The maximum atomic E-state index is 5.80. The molecule has 0 aromatic heterocycles. The predicted octanol–water partition coefficient (Wildman–Crippen LogP) is 2.02. The van der Waals surface area contributed by atoms with Crippen LogP contribution in [0.2, 0.25) is 0 Å². The van der Waals surface area contributed by atoms with E-state index in [1.165, 1.54) is 45.3 Å². The summed E-state index contributed by atoms with van der Waals surface area (Å²) in [5, 5.41) is 3.69. The Morgan fingerprint density at radius 2 is 2.29 bits per heavy atom. The highest BCUT2D eigenvalue weighted by molar-refractivity contribution is 4.97. The monoisotopic (exact) mass is 240 g/mol. The Bertz CT molecular complexity index is 246. The lowest BCUT2D eigenvalue weighted by Gasteiger charge is -2.41. The number of hydrogen-bond donors (Lipinski definition) is 1. The van der Waals surface area contributed by atoms with Gasteiger partial charge in [-0.2, -0.15) is 0 Å². The largest absolute Gasteiger partial charge is 0.377 e. The fourth-order valence-corrected chi connectivity index (χ4v) is 3.24. The molecular weight excluding hydrogens is 212 g/mol. The topological polar surface area (TPSA) is 24.5 Å². The highest BCUT2D eigenvalue weighted by Gasteiger charge is 2.42. The van der Waals surface area contributed by atoms with Gasteiger partial charge < -0.3 is 10.1 Å². The van der Waals surface area contributed by atoms with E-state index in [1.54, 1.807) is 0 Å². The van der Waals surface area contributed by atoms with Crippen molar-refractivity contribution in [3.05, 3.63) is 0 Å². The zero-order chi connectivity index (χ0) is 12.3. The molecule has 0 bridgehead atoms. The average Bonchev–Trinajstić information content (AvgIpc) is 2.55. The fraction of sp³-hybridized carbons (Fsp3) is 1.00. The molecule has 2 fully saturated rings. The molecule has 0 aromatic rings. The van der Waals surface area contributed by atoms with Crippen molar-refractivity contribution in [2.45, 2.75) is 64.1 Å². The Labute approximate surface area is 106 Å².